The molecule has 1 saturated carbocycles. The first-order chi connectivity index (χ1) is 7.19. The number of amides is 1. The number of likely N-dealkylation sites (tertiary alicyclic amines) is 1. The van der Waals surface area contributed by atoms with Crippen molar-refractivity contribution in [2.45, 2.75) is 25.7 Å². The van der Waals surface area contributed by atoms with Crippen LogP contribution in [0.1, 0.15) is 25.7 Å². The van der Waals surface area contributed by atoms with Crippen molar-refractivity contribution in [1.82, 2.24) is 4.90 Å². The quantitative estimate of drug-likeness (QED) is 0.725. The van der Waals surface area contributed by atoms with E-state index in [1.165, 1.54) is 19.3 Å². The van der Waals surface area contributed by atoms with Crippen LogP contribution in [0, 0.1) is 11.3 Å². The summed E-state index contributed by atoms with van der Waals surface area (Å²) >= 11 is 5.57. The van der Waals surface area contributed by atoms with Gasteiger partial charge in [-0.05, 0) is 43.6 Å². The van der Waals surface area contributed by atoms with Gasteiger partial charge in [0.15, 0.2) is 0 Å². The predicted octanol–water partition coefficient (Wildman–Crippen LogP) is 1.20. The van der Waals surface area contributed by atoms with Crippen LogP contribution in [0.2, 0.25) is 0 Å². The molecule has 1 aliphatic carbocycles. The Bertz CT molecular complexity index is 259. The number of nitrogens with two attached hydrogens (primary N) is 1. The first kappa shape index (κ1) is 11.2. The van der Waals surface area contributed by atoms with Crippen molar-refractivity contribution in [3.05, 3.63) is 0 Å². The highest BCUT2D eigenvalue weighted by Crippen LogP contribution is 2.47. The van der Waals surface area contributed by atoms with Gasteiger partial charge in [-0.3, -0.25) is 4.79 Å². The normalized spacial score (nSPS) is 35.3. The van der Waals surface area contributed by atoms with E-state index in [1.54, 1.807) is 0 Å². The van der Waals surface area contributed by atoms with E-state index in [0.717, 1.165) is 26.1 Å². The van der Waals surface area contributed by atoms with Gasteiger partial charge in [0, 0.05) is 13.1 Å². The number of carbonyl (C=O) groups is 1. The zero-order valence-electron chi connectivity index (χ0n) is 9.04. The monoisotopic (exact) mass is 230 g/mol. The number of alkyl halides is 1. The summed E-state index contributed by atoms with van der Waals surface area (Å²) in [6.45, 7) is 2.60. The molecule has 0 aromatic rings. The topological polar surface area (TPSA) is 46.3 Å². The highest BCUT2D eigenvalue weighted by Gasteiger charge is 2.44. The summed E-state index contributed by atoms with van der Waals surface area (Å²) in [4.78, 5) is 13.4. The van der Waals surface area contributed by atoms with Gasteiger partial charge in [0.25, 0.3) is 0 Å². The van der Waals surface area contributed by atoms with Gasteiger partial charge in [0.1, 0.15) is 5.88 Å². The summed E-state index contributed by atoms with van der Waals surface area (Å²) in [6, 6.07) is 0. The van der Waals surface area contributed by atoms with Crippen LogP contribution >= 0.6 is 11.6 Å². The lowest BCUT2D eigenvalue weighted by molar-refractivity contribution is -0.127. The van der Waals surface area contributed by atoms with Crippen molar-refractivity contribution in [2.75, 3.05) is 25.5 Å². The third-order valence-corrected chi connectivity index (χ3v) is 4.27. The van der Waals surface area contributed by atoms with Crippen LogP contribution in [0.3, 0.4) is 0 Å². The van der Waals surface area contributed by atoms with Crippen molar-refractivity contribution >= 4 is 17.5 Å². The zero-order valence-corrected chi connectivity index (χ0v) is 9.80. The van der Waals surface area contributed by atoms with Crippen molar-refractivity contribution < 1.29 is 4.79 Å². The minimum absolute atomic E-state index is 0.0877. The Balaban J connectivity index is 1.94. The van der Waals surface area contributed by atoms with Crippen molar-refractivity contribution in [3.8, 4) is 0 Å². The standard InChI is InChI=1S/C11H19ClN2O/c12-6-10(15)14-4-3-11(8-14)2-1-9(5-11)7-13/h9H,1-8,13H2/t9-,11-/m1/s1. The van der Waals surface area contributed by atoms with Crippen LogP contribution in [0.15, 0.2) is 0 Å². The Hall–Kier alpha value is -0.280. The maximum absolute atomic E-state index is 11.5. The molecule has 2 N–H and O–H groups in total. The molecule has 86 valence electrons. The Morgan fingerprint density at radius 2 is 2.33 bits per heavy atom. The van der Waals surface area contributed by atoms with E-state index in [0.29, 0.717) is 11.3 Å². The van der Waals surface area contributed by atoms with E-state index in [1.807, 2.05) is 4.90 Å². The van der Waals surface area contributed by atoms with E-state index in [4.69, 9.17) is 17.3 Å². The van der Waals surface area contributed by atoms with Gasteiger partial charge in [0.2, 0.25) is 5.91 Å². The maximum atomic E-state index is 11.5. The minimum atomic E-state index is 0.0877. The summed E-state index contributed by atoms with van der Waals surface area (Å²) in [5, 5.41) is 0. The lowest BCUT2D eigenvalue weighted by Gasteiger charge is -2.23. The molecule has 0 aromatic carbocycles. The number of halogens is 1. The summed E-state index contributed by atoms with van der Waals surface area (Å²) < 4.78 is 0. The second kappa shape index (κ2) is 4.30. The van der Waals surface area contributed by atoms with Gasteiger partial charge in [-0.1, -0.05) is 0 Å². The van der Waals surface area contributed by atoms with Gasteiger partial charge in [-0.2, -0.15) is 0 Å². The molecule has 0 radical (unpaired) electrons. The highest BCUT2D eigenvalue weighted by atomic mass is 35.5. The smallest absolute Gasteiger partial charge is 0.237 e. The second-order valence-corrected chi connectivity index (χ2v) is 5.31. The minimum Gasteiger partial charge on any atom is -0.341 e. The lowest BCUT2D eigenvalue weighted by Crippen LogP contribution is -2.32. The van der Waals surface area contributed by atoms with Crippen molar-refractivity contribution in [3.63, 3.8) is 0 Å². The van der Waals surface area contributed by atoms with E-state index < -0.39 is 0 Å². The Morgan fingerprint density at radius 3 is 2.93 bits per heavy atom. The molecule has 1 amide bonds. The molecule has 2 atom stereocenters. The summed E-state index contributed by atoms with van der Waals surface area (Å²) in [5.74, 6) is 0.886. The molecule has 1 aliphatic heterocycles. The SMILES string of the molecule is NC[C@@H]1CC[C@@]2(CCN(C(=O)CCl)C2)C1. The number of hydrogen-bond donors (Lipinski definition) is 1. The molecule has 0 bridgehead atoms. The second-order valence-electron chi connectivity index (χ2n) is 5.04. The molecule has 2 fully saturated rings. The van der Waals surface area contributed by atoms with Crippen LogP contribution in [0.25, 0.3) is 0 Å². The van der Waals surface area contributed by atoms with Crippen LogP contribution in [0.4, 0.5) is 0 Å². The van der Waals surface area contributed by atoms with E-state index in [-0.39, 0.29) is 11.8 Å². The molecule has 3 nitrogen and oxygen atoms in total. The lowest BCUT2D eigenvalue weighted by atomic mass is 9.84. The summed E-state index contributed by atoms with van der Waals surface area (Å²) in [7, 11) is 0. The highest BCUT2D eigenvalue weighted by molar-refractivity contribution is 6.27. The van der Waals surface area contributed by atoms with Gasteiger partial charge in [-0.25, -0.2) is 0 Å². The molecule has 15 heavy (non-hydrogen) atoms. The van der Waals surface area contributed by atoms with Gasteiger partial charge in [-0.15, -0.1) is 11.6 Å². The fourth-order valence-electron chi connectivity index (χ4n) is 3.13. The van der Waals surface area contributed by atoms with Gasteiger partial charge in [0.05, 0.1) is 0 Å². The molecule has 4 heteroatoms. The molecular formula is C11H19ClN2O. The van der Waals surface area contributed by atoms with Crippen LogP contribution < -0.4 is 5.73 Å². The summed E-state index contributed by atoms with van der Waals surface area (Å²) in [6.07, 6.45) is 4.82. The number of nitrogens with zero attached hydrogens (tertiary/aromatic N) is 1. The van der Waals surface area contributed by atoms with Crippen molar-refractivity contribution in [2.24, 2.45) is 17.1 Å². The summed E-state index contributed by atoms with van der Waals surface area (Å²) in [5.41, 5.74) is 6.08. The number of rotatable bonds is 2. The Kier molecular flexibility index (Phi) is 3.21. The molecule has 2 aliphatic rings. The van der Waals surface area contributed by atoms with Crippen LogP contribution in [-0.4, -0.2) is 36.3 Å². The molecule has 1 saturated heterocycles. The zero-order chi connectivity index (χ0) is 10.9. The molecule has 0 unspecified atom stereocenters. The largest absolute Gasteiger partial charge is 0.341 e. The molecule has 0 aromatic heterocycles. The average molecular weight is 231 g/mol. The van der Waals surface area contributed by atoms with E-state index >= 15 is 0 Å². The fourth-order valence-corrected chi connectivity index (χ4v) is 3.30. The van der Waals surface area contributed by atoms with Crippen LogP contribution in [0.5, 0.6) is 0 Å². The fraction of sp³-hybridized carbons (Fsp3) is 0.909. The van der Waals surface area contributed by atoms with Gasteiger partial charge < -0.3 is 10.6 Å². The Morgan fingerprint density at radius 1 is 1.53 bits per heavy atom. The maximum Gasteiger partial charge on any atom is 0.237 e. The molecular weight excluding hydrogens is 212 g/mol. The van der Waals surface area contributed by atoms with Crippen molar-refractivity contribution in [1.29, 1.82) is 0 Å². The first-order valence-corrected chi connectivity index (χ1v) is 6.26. The average Bonchev–Trinajstić information content (AvgIpc) is 2.86. The molecule has 1 spiro atoms. The third kappa shape index (κ3) is 2.13. The Labute approximate surface area is 95.9 Å². The van der Waals surface area contributed by atoms with E-state index in [9.17, 15) is 4.79 Å². The van der Waals surface area contributed by atoms with E-state index in [2.05, 4.69) is 0 Å². The molecule has 2 rings (SSSR count). The number of carbonyl (C=O) groups excluding carboxylic acids is 1. The molecule has 1 heterocycles. The first-order valence-electron chi connectivity index (χ1n) is 5.73. The predicted molar refractivity (Wildman–Crippen MR) is 60.7 cm³/mol. The third-order valence-electron chi connectivity index (χ3n) is 4.04. The van der Waals surface area contributed by atoms with Gasteiger partial charge >= 0.3 is 0 Å². The van der Waals surface area contributed by atoms with Crippen LogP contribution in [-0.2, 0) is 4.79 Å². The number of hydrogen-bond acceptors (Lipinski definition) is 2.